The summed E-state index contributed by atoms with van der Waals surface area (Å²) in [6, 6.07) is 17.0. The number of amides is 1. The van der Waals surface area contributed by atoms with Crippen molar-refractivity contribution in [2.75, 3.05) is 26.8 Å². The van der Waals surface area contributed by atoms with Crippen LogP contribution in [-0.4, -0.2) is 68.3 Å². The molecule has 0 aliphatic carbocycles. The van der Waals surface area contributed by atoms with Gasteiger partial charge in [0.05, 0.1) is 16.6 Å². The van der Waals surface area contributed by atoms with Crippen LogP contribution in [0, 0.1) is 5.92 Å². The van der Waals surface area contributed by atoms with Gasteiger partial charge in [-0.05, 0) is 96.4 Å². The molecular weight excluding hydrogens is 602 g/mol. The minimum Gasteiger partial charge on any atom is -0.471 e. The molecule has 1 aliphatic heterocycles. The number of aryl methyl sites for hydroxylation is 1. The lowest BCUT2D eigenvalue weighted by Gasteiger charge is -2.33. The standard InChI is InChI=1S/C39H53N5O4/c1-27(23-28-16-18-29(19-17-28)31-25-40-37(48-39(5,6)7)42-36(31)47-38(2,3)4)24-34(45)43-20-11-13-30(26-43)35-41-32-14-9-10-15-33(32)44(35)21-12-22-46-8/h9-10,14-19,25,27,30H,11-13,20-24,26H2,1-8H3/t27-,30-/m1/s1. The van der Waals surface area contributed by atoms with Crippen LogP contribution in [0.15, 0.2) is 54.7 Å². The second-order valence-corrected chi connectivity index (χ2v) is 15.1. The minimum atomic E-state index is -0.433. The van der Waals surface area contributed by atoms with Gasteiger partial charge in [0.2, 0.25) is 11.8 Å². The molecule has 48 heavy (non-hydrogen) atoms. The van der Waals surface area contributed by atoms with Crippen molar-refractivity contribution in [2.24, 2.45) is 5.92 Å². The SMILES string of the molecule is COCCCn1c([C@@H]2CCCN(C(=O)C[C@H](C)Cc3ccc(-c4cnc(OC(C)(C)C)nc4OC(C)(C)C)cc3)C2)nc2ccccc21. The van der Waals surface area contributed by atoms with Gasteiger partial charge in [0.25, 0.3) is 0 Å². The first-order valence-corrected chi connectivity index (χ1v) is 17.4. The van der Waals surface area contributed by atoms with Gasteiger partial charge in [0.1, 0.15) is 17.0 Å². The zero-order valence-corrected chi connectivity index (χ0v) is 30.1. The molecule has 9 nitrogen and oxygen atoms in total. The van der Waals surface area contributed by atoms with Crippen LogP contribution in [0.5, 0.6) is 11.9 Å². The van der Waals surface area contributed by atoms with E-state index in [0.717, 1.165) is 66.8 Å². The lowest BCUT2D eigenvalue weighted by atomic mass is 9.93. The second kappa shape index (κ2) is 15.1. The van der Waals surface area contributed by atoms with Gasteiger partial charge < -0.3 is 23.7 Å². The smallest absolute Gasteiger partial charge is 0.320 e. The van der Waals surface area contributed by atoms with Gasteiger partial charge in [-0.25, -0.2) is 9.97 Å². The summed E-state index contributed by atoms with van der Waals surface area (Å²) in [5.41, 5.74) is 4.29. The first-order valence-electron chi connectivity index (χ1n) is 17.4. The number of carbonyl (C=O) groups excluding carboxylic acids is 1. The summed E-state index contributed by atoms with van der Waals surface area (Å²) in [6.07, 6.45) is 6.06. The fourth-order valence-corrected chi connectivity index (χ4v) is 6.38. The summed E-state index contributed by atoms with van der Waals surface area (Å²) in [5.74, 6) is 2.25. The Hall–Kier alpha value is -3.98. The molecule has 0 unspecified atom stereocenters. The third-order valence-electron chi connectivity index (χ3n) is 8.46. The van der Waals surface area contributed by atoms with Crippen LogP contribution >= 0.6 is 0 Å². The van der Waals surface area contributed by atoms with E-state index in [1.54, 1.807) is 13.3 Å². The van der Waals surface area contributed by atoms with E-state index in [1.807, 2.05) is 47.6 Å². The van der Waals surface area contributed by atoms with Crippen LogP contribution in [-0.2, 0) is 22.5 Å². The number of ether oxygens (including phenoxy) is 3. The molecule has 0 bridgehead atoms. The van der Waals surface area contributed by atoms with E-state index in [4.69, 9.17) is 19.2 Å². The number of fused-ring (bicyclic) bond motifs is 1. The number of aromatic nitrogens is 4. The van der Waals surface area contributed by atoms with Crippen molar-refractivity contribution >= 4 is 16.9 Å². The number of carbonyl (C=O) groups is 1. The highest BCUT2D eigenvalue weighted by Gasteiger charge is 2.29. The maximum atomic E-state index is 13.6. The molecule has 0 saturated carbocycles. The molecule has 1 saturated heterocycles. The molecule has 0 radical (unpaired) electrons. The number of hydrogen-bond acceptors (Lipinski definition) is 7. The van der Waals surface area contributed by atoms with Gasteiger partial charge in [-0.1, -0.05) is 43.3 Å². The summed E-state index contributed by atoms with van der Waals surface area (Å²) in [7, 11) is 1.74. The maximum absolute atomic E-state index is 13.6. The molecule has 258 valence electrons. The van der Waals surface area contributed by atoms with Crippen LogP contribution in [0.4, 0.5) is 0 Å². The molecule has 2 aromatic heterocycles. The molecule has 0 spiro atoms. The average Bonchev–Trinajstić information content (AvgIpc) is 3.39. The minimum absolute atomic E-state index is 0.208. The molecule has 2 aromatic carbocycles. The van der Waals surface area contributed by atoms with E-state index in [0.29, 0.717) is 31.5 Å². The summed E-state index contributed by atoms with van der Waals surface area (Å²) in [5, 5.41) is 0. The summed E-state index contributed by atoms with van der Waals surface area (Å²) in [6.45, 7) is 17.2. The molecule has 1 aliphatic rings. The second-order valence-electron chi connectivity index (χ2n) is 15.1. The fourth-order valence-electron chi connectivity index (χ4n) is 6.38. The van der Waals surface area contributed by atoms with Crippen molar-refractivity contribution in [2.45, 2.75) is 104 Å². The summed E-state index contributed by atoms with van der Waals surface area (Å²) < 4.78 is 19.8. The third-order valence-corrected chi connectivity index (χ3v) is 8.46. The Labute approximate surface area is 286 Å². The molecule has 1 amide bonds. The predicted molar refractivity (Wildman–Crippen MR) is 190 cm³/mol. The van der Waals surface area contributed by atoms with Crippen LogP contribution < -0.4 is 9.47 Å². The number of piperidine rings is 1. The number of hydrogen-bond donors (Lipinski definition) is 0. The quantitative estimate of drug-likeness (QED) is 0.144. The molecule has 2 atom stereocenters. The predicted octanol–water partition coefficient (Wildman–Crippen LogP) is 7.86. The van der Waals surface area contributed by atoms with Crippen molar-refractivity contribution in [3.63, 3.8) is 0 Å². The van der Waals surface area contributed by atoms with Crippen molar-refractivity contribution < 1.29 is 19.0 Å². The number of rotatable bonds is 12. The fraction of sp³-hybridized carbons (Fsp3) is 0.538. The first kappa shape index (κ1) is 35.3. The van der Waals surface area contributed by atoms with E-state index in [2.05, 4.69) is 68.8 Å². The van der Waals surface area contributed by atoms with Gasteiger partial charge in [-0.3, -0.25) is 4.79 Å². The Bertz CT molecular complexity index is 1670. The Balaban J connectivity index is 1.23. The number of para-hydroxylation sites is 2. The maximum Gasteiger partial charge on any atom is 0.320 e. The van der Waals surface area contributed by atoms with E-state index in [-0.39, 0.29) is 17.7 Å². The normalized spacial score (nSPS) is 16.2. The number of likely N-dealkylation sites (tertiary alicyclic amines) is 1. The Kier molecular flexibility index (Phi) is 11.1. The Morgan fingerprint density at radius 2 is 1.71 bits per heavy atom. The first-order chi connectivity index (χ1) is 22.8. The molecule has 9 heteroatoms. The summed E-state index contributed by atoms with van der Waals surface area (Å²) in [4.78, 5) is 29.8. The Morgan fingerprint density at radius 3 is 2.42 bits per heavy atom. The number of benzene rings is 2. The number of imidazole rings is 1. The van der Waals surface area contributed by atoms with E-state index in [1.165, 1.54) is 5.56 Å². The largest absolute Gasteiger partial charge is 0.471 e. The Morgan fingerprint density at radius 1 is 0.979 bits per heavy atom. The highest BCUT2D eigenvalue weighted by Crippen LogP contribution is 2.33. The van der Waals surface area contributed by atoms with E-state index >= 15 is 0 Å². The van der Waals surface area contributed by atoms with Crippen LogP contribution in [0.2, 0.25) is 0 Å². The molecule has 3 heterocycles. The average molecular weight is 656 g/mol. The monoisotopic (exact) mass is 655 g/mol. The van der Waals surface area contributed by atoms with Gasteiger partial charge in [0, 0.05) is 51.9 Å². The van der Waals surface area contributed by atoms with Gasteiger partial charge in [-0.2, -0.15) is 4.98 Å². The van der Waals surface area contributed by atoms with Gasteiger partial charge in [0.15, 0.2) is 0 Å². The molecule has 4 aromatic rings. The van der Waals surface area contributed by atoms with Crippen molar-refractivity contribution in [3.05, 3.63) is 66.1 Å². The highest BCUT2D eigenvalue weighted by molar-refractivity contribution is 5.77. The molecule has 1 fully saturated rings. The van der Waals surface area contributed by atoms with Crippen LogP contribution in [0.25, 0.3) is 22.2 Å². The lowest BCUT2D eigenvalue weighted by Crippen LogP contribution is -2.40. The van der Waals surface area contributed by atoms with Gasteiger partial charge >= 0.3 is 6.01 Å². The molecule has 5 rings (SSSR count). The van der Waals surface area contributed by atoms with Crippen LogP contribution in [0.3, 0.4) is 0 Å². The van der Waals surface area contributed by atoms with Crippen molar-refractivity contribution in [1.82, 2.24) is 24.4 Å². The molecular formula is C39H53N5O4. The molecule has 0 N–H and O–H groups in total. The van der Waals surface area contributed by atoms with Gasteiger partial charge in [-0.15, -0.1) is 0 Å². The van der Waals surface area contributed by atoms with E-state index < -0.39 is 11.2 Å². The third kappa shape index (κ3) is 9.34. The van der Waals surface area contributed by atoms with E-state index in [9.17, 15) is 4.79 Å². The van der Waals surface area contributed by atoms with Crippen molar-refractivity contribution in [1.29, 1.82) is 0 Å². The number of nitrogens with zero attached hydrogens (tertiary/aromatic N) is 5. The zero-order valence-electron chi connectivity index (χ0n) is 30.1. The van der Waals surface area contributed by atoms with Crippen molar-refractivity contribution in [3.8, 4) is 23.0 Å². The highest BCUT2D eigenvalue weighted by atomic mass is 16.5. The number of methoxy groups -OCH3 is 1. The lowest BCUT2D eigenvalue weighted by molar-refractivity contribution is -0.133. The van der Waals surface area contributed by atoms with Crippen LogP contribution in [0.1, 0.15) is 91.5 Å². The summed E-state index contributed by atoms with van der Waals surface area (Å²) >= 11 is 0. The topological polar surface area (TPSA) is 91.6 Å². The zero-order chi connectivity index (χ0) is 34.5.